The molecule has 1 unspecified atom stereocenters. The number of nitrogens with one attached hydrogen (secondary N) is 1. The van der Waals surface area contributed by atoms with Crippen molar-refractivity contribution < 1.29 is 14.3 Å². The van der Waals surface area contributed by atoms with Gasteiger partial charge < -0.3 is 9.47 Å². The quantitative estimate of drug-likeness (QED) is 0.401. The van der Waals surface area contributed by atoms with Crippen molar-refractivity contribution in [3.05, 3.63) is 59.1 Å². The van der Waals surface area contributed by atoms with Gasteiger partial charge in [0.25, 0.3) is 5.91 Å². The Labute approximate surface area is 159 Å². The van der Waals surface area contributed by atoms with E-state index < -0.39 is 6.10 Å². The minimum atomic E-state index is -0.678. The average Bonchev–Trinajstić information content (AvgIpc) is 2.65. The first-order chi connectivity index (χ1) is 12.6. The molecule has 0 radical (unpaired) electrons. The minimum absolute atomic E-state index is 0.337. The summed E-state index contributed by atoms with van der Waals surface area (Å²) in [7, 11) is 0. The molecule has 0 fully saturated rings. The van der Waals surface area contributed by atoms with Gasteiger partial charge in [-0.1, -0.05) is 24.9 Å². The standard InChI is InChI=1S/C20H23ClN2O3/c1-3-4-13-25-18-9-5-16(6-10-18)14-22-23-20(24)15(2)26-19-11-7-17(21)8-12-19/h5-12,14-15H,3-4,13H2,1-2H3,(H,23,24)/b22-14+. The fourth-order valence-electron chi connectivity index (χ4n) is 2.02. The fraction of sp³-hybridized carbons (Fsp3) is 0.300. The Morgan fingerprint density at radius 2 is 1.81 bits per heavy atom. The van der Waals surface area contributed by atoms with Gasteiger partial charge in [0.2, 0.25) is 0 Å². The molecule has 0 saturated heterocycles. The molecule has 0 aliphatic carbocycles. The SMILES string of the molecule is CCCCOc1ccc(/C=N/NC(=O)C(C)Oc2ccc(Cl)cc2)cc1. The maximum atomic E-state index is 12.0. The molecule has 0 bridgehead atoms. The van der Waals surface area contributed by atoms with Crippen molar-refractivity contribution in [3.63, 3.8) is 0 Å². The van der Waals surface area contributed by atoms with Crippen molar-refractivity contribution >= 4 is 23.7 Å². The number of unbranched alkanes of at least 4 members (excludes halogenated alkanes) is 1. The number of carbonyl (C=O) groups is 1. The van der Waals surface area contributed by atoms with E-state index in [2.05, 4.69) is 17.5 Å². The molecule has 0 heterocycles. The summed E-state index contributed by atoms with van der Waals surface area (Å²) in [5.41, 5.74) is 3.33. The van der Waals surface area contributed by atoms with Crippen molar-refractivity contribution in [2.75, 3.05) is 6.61 Å². The molecule has 2 rings (SSSR count). The maximum absolute atomic E-state index is 12.0. The maximum Gasteiger partial charge on any atom is 0.280 e. The van der Waals surface area contributed by atoms with Crippen LogP contribution in [-0.4, -0.2) is 24.8 Å². The third kappa shape index (κ3) is 6.76. The number of benzene rings is 2. The van der Waals surface area contributed by atoms with E-state index in [1.165, 1.54) is 0 Å². The lowest BCUT2D eigenvalue weighted by molar-refractivity contribution is -0.127. The van der Waals surface area contributed by atoms with Crippen molar-refractivity contribution in [2.45, 2.75) is 32.8 Å². The molecule has 6 heteroatoms. The zero-order valence-corrected chi connectivity index (χ0v) is 15.7. The Balaban J connectivity index is 1.79. The molecule has 138 valence electrons. The number of hydrazone groups is 1. The molecule has 2 aromatic rings. The molecule has 1 amide bonds. The van der Waals surface area contributed by atoms with Gasteiger partial charge >= 0.3 is 0 Å². The van der Waals surface area contributed by atoms with Crippen LogP contribution in [0, 0.1) is 0 Å². The van der Waals surface area contributed by atoms with Gasteiger partial charge in [-0.2, -0.15) is 5.10 Å². The highest BCUT2D eigenvalue weighted by Gasteiger charge is 2.13. The zero-order valence-electron chi connectivity index (χ0n) is 14.9. The van der Waals surface area contributed by atoms with E-state index in [4.69, 9.17) is 21.1 Å². The lowest BCUT2D eigenvalue weighted by Gasteiger charge is -2.12. The summed E-state index contributed by atoms with van der Waals surface area (Å²) in [5, 5.41) is 4.57. The molecular formula is C20H23ClN2O3. The Hall–Kier alpha value is -2.53. The van der Waals surface area contributed by atoms with E-state index in [1.807, 2.05) is 24.3 Å². The van der Waals surface area contributed by atoms with E-state index in [1.54, 1.807) is 37.4 Å². The lowest BCUT2D eigenvalue weighted by Crippen LogP contribution is -2.33. The number of rotatable bonds is 9. The van der Waals surface area contributed by atoms with Crippen LogP contribution in [0.1, 0.15) is 32.3 Å². The molecule has 0 spiro atoms. The summed E-state index contributed by atoms with van der Waals surface area (Å²) >= 11 is 5.82. The van der Waals surface area contributed by atoms with Crippen LogP contribution in [0.3, 0.4) is 0 Å². The van der Waals surface area contributed by atoms with Gasteiger partial charge in [0, 0.05) is 5.02 Å². The van der Waals surface area contributed by atoms with Gasteiger partial charge in [0.05, 0.1) is 12.8 Å². The summed E-state index contributed by atoms with van der Waals surface area (Å²) in [6, 6.07) is 14.3. The smallest absolute Gasteiger partial charge is 0.280 e. The molecule has 1 atom stereocenters. The molecule has 0 aromatic heterocycles. The van der Waals surface area contributed by atoms with Crippen LogP contribution in [0.25, 0.3) is 0 Å². The normalized spacial score (nSPS) is 12.0. The summed E-state index contributed by atoms with van der Waals surface area (Å²) in [4.78, 5) is 12.0. The first kappa shape index (κ1) is 19.8. The van der Waals surface area contributed by atoms with E-state index >= 15 is 0 Å². The van der Waals surface area contributed by atoms with Crippen LogP contribution >= 0.6 is 11.6 Å². The summed E-state index contributed by atoms with van der Waals surface area (Å²) in [6.07, 6.45) is 3.03. The summed E-state index contributed by atoms with van der Waals surface area (Å²) in [6.45, 7) is 4.49. The topological polar surface area (TPSA) is 59.9 Å². The molecule has 26 heavy (non-hydrogen) atoms. The zero-order chi connectivity index (χ0) is 18.8. The van der Waals surface area contributed by atoms with E-state index in [0.717, 1.165) is 24.2 Å². The lowest BCUT2D eigenvalue weighted by atomic mass is 10.2. The van der Waals surface area contributed by atoms with Crippen molar-refractivity contribution in [2.24, 2.45) is 5.10 Å². The molecular weight excluding hydrogens is 352 g/mol. The first-order valence-corrected chi connectivity index (χ1v) is 8.94. The molecule has 5 nitrogen and oxygen atoms in total. The van der Waals surface area contributed by atoms with Crippen molar-refractivity contribution in [3.8, 4) is 11.5 Å². The third-order valence-corrected chi connectivity index (χ3v) is 3.78. The van der Waals surface area contributed by atoms with Crippen LogP contribution in [0.2, 0.25) is 5.02 Å². The van der Waals surface area contributed by atoms with Gasteiger partial charge in [-0.3, -0.25) is 4.79 Å². The number of hydrogen-bond donors (Lipinski definition) is 1. The van der Waals surface area contributed by atoms with Gasteiger partial charge in [0.15, 0.2) is 6.10 Å². The number of ether oxygens (including phenoxy) is 2. The fourth-order valence-corrected chi connectivity index (χ4v) is 2.14. The molecule has 1 N–H and O–H groups in total. The number of hydrogen-bond acceptors (Lipinski definition) is 4. The largest absolute Gasteiger partial charge is 0.494 e. The Kier molecular flexibility index (Phi) is 7.96. The van der Waals surface area contributed by atoms with Gasteiger partial charge in [-0.25, -0.2) is 5.43 Å². The first-order valence-electron chi connectivity index (χ1n) is 8.56. The van der Waals surface area contributed by atoms with E-state index in [0.29, 0.717) is 17.4 Å². The molecule has 2 aromatic carbocycles. The predicted octanol–water partition coefficient (Wildman–Crippen LogP) is 4.44. The second kappa shape index (κ2) is 10.5. The highest BCUT2D eigenvalue weighted by atomic mass is 35.5. The molecule has 0 saturated carbocycles. The Morgan fingerprint density at radius 3 is 2.46 bits per heavy atom. The Morgan fingerprint density at radius 1 is 1.15 bits per heavy atom. The monoisotopic (exact) mass is 374 g/mol. The highest BCUT2D eigenvalue weighted by Crippen LogP contribution is 2.16. The van der Waals surface area contributed by atoms with Crippen molar-refractivity contribution in [1.82, 2.24) is 5.43 Å². The average molecular weight is 375 g/mol. The predicted molar refractivity (Wildman–Crippen MR) is 104 cm³/mol. The van der Waals surface area contributed by atoms with Crippen LogP contribution in [0.4, 0.5) is 0 Å². The third-order valence-electron chi connectivity index (χ3n) is 3.53. The van der Waals surface area contributed by atoms with Crippen LogP contribution in [-0.2, 0) is 4.79 Å². The van der Waals surface area contributed by atoms with Crippen LogP contribution in [0.5, 0.6) is 11.5 Å². The number of carbonyl (C=O) groups excluding carboxylic acids is 1. The Bertz CT molecular complexity index is 715. The minimum Gasteiger partial charge on any atom is -0.494 e. The number of halogens is 1. The number of nitrogens with zero attached hydrogens (tertiary/aromatic N) is 1. The highest BCUT2D eigenvalue weighted by molar-refractivity contribution is 6.30. The molecule has 0 aliphatic rings. The number of amides is 1. The second-order valence-electron chi connectivity index (χ2n) is 5.72. The van der Waals surface area contributed by atoms with Gasteiger partial charge in [-0.05, 0) is 67.4 Å². The second-order valence-corrected chi connectivity index (χ2v) is 6.16. The van der Waals surface area contributed by atoms with Crippen LogP contribution < -0.4 is 14.9 Å². The van der Waals surface area contributed by atoms with Crippen LogP contribution in [0.15, 0.2) is 53.6 Å². The molecule has 0 aliphatic heterocycles. The van der Waals surface area contributed by atoms with Gasteiger partial charge in [-0.15, -0.1) is 0 Å². The van der Waals surface area contributed by atoms with Crippen molar-refractivity contribution in [1.29, 1.82) is 0 Å². The van der Waals surface area contributed by atoms with E-state index in [9.17, 15) is 4.79 Å². The van der Waals surface area contributed by atoms with E-state index in [-0.39, 0.29) is 5.91 Å². The summed E-state index contributed by atoms with van der Waals surface area (Å²) in [5.74, 6) is 1.06. The summed E-state index contributed by atoms with van der Waals surface area (Å²) < 4.78 is 11.1. The van der Waals surface area contributed by atoms with Gasteiger partial charge in [0.1, 0.15) is 11.5 Å².